The SMILES string of the molecule is O=C(NCC1CCN(c2ccc(Cl)cc2)C1)c1ccc2nc(C(F)F)[nH]c2c1. The molecule has 1 atom stereocenters. The number of imidazole rings is 1. The van der Waals surface area contributed by atoms with Gasteiger partial charge in [0.25, 0.3) is 12.3 Å². The molecule has 2 heterocycles. The number of nitrogens with one attached hydrogen (secondary N) is 2. The number of benzene rings is 2. The molecule has 0 bridgehead atoms. The second-order valence-corrected chi connectivity index (χ2v) is 7.38. The first-order valence-electron chi connectivity index (χ1n) is 9.06. The van der Waals surface area contributed by atoms with Crippen molar-refractivity contribution in [3.8, 4) is 0 Å². The van der Waals surface area contributed by atoms with Gasteiger partial charge in [-0.05, 0) is 54.8 Å². The van der Waals surface area contributed by atoms with Crippen molar-refractivity contribution in [3.05, 3.63) is 58.9 Å². The summed E-state index contributed by atoms with van der Waals surface area (Å²) in [4.78, 5) is 21.1. The van der Waals surface area contributed by atoms with Gasteiger partial charge in [0.05, 0.1) is 11.0 Å². The molecule has 2 aromatic carbocycles. The molecule has 146 valence electrons. The molecule has 0 saturated carbocycles. The Kier molecular flexibility index (Phi) is 5.17. The van der Waals surface area contributed by atoms with Crippen LogP contribution in [0.15, 0.2) is 42.5 Å². The number of carbonyl (C=O) groups is 1. The second kappa shape index (κ2) is 7.75. The zero-order valence-electron chi connectivity index (χ0n) is 15.0. The standard InChI is InChI=1S/C20H19ClF2N4O/c21-14-2-4-15(5-3-14)27-8-7-12(11-27)10-24-20(28)13-1-6-16-17(9-13)26-19(25-16)18(22)23/h1-6,9,12,18H,7-8,10-11H2,(H,24,28)(H,25,26). The van der Waals surface area contributed by atoms with Crippen molar-refractivity contribution in [1.29, 1.82) is 0 Å². The second-order valence-electron chi connectivity index (χ2n) is 6.94. The van der Waals surface area contributed by atoms with Crippen LogP contribution >= 0.6 is 11.6 Å². The number of hydrogen-bond donors (Lipinski definition) is 2. The Labute approximate surface area is 165 Å². The van der Waals surface area contributed by atoms with Gasteiger partial charge >= 0.3 is 0 Å². The van der Waals surface area contributed by atoms with Crippen LogP contribution < -0.4 is 10.2 Å². The summed E-state index contributed by atoms with van der Waals surface area (Å²) in [7, 11) is 0. The van der Waals surface area contributed by atoms with Gasteiger partial charge in [0.2, 0.25) is 0 Å². The van der Waals surface area contributed by atoms with Crippen LogP contribution in [0.4, 0.5) is 14.5 Å². The first-order valence-corrected chi connectivity index (χ1v) is 9.44. The summed E-state index contributed by atoms with van der Waals surface area (Å²) >= 11 is 5.93. The van der Waals surface area contributed by atoms with E-state index in [4.69, 9.17) is 11.6 Å². The molecule has 5 nitrogen and oxygen atoms in total. The van der Waals surface area contributed by atoms with Gasteiger partial charge in [-0.1, -0.05) is 11.6 Å². The Morgan fingerprint density at radius 3 is 2.82 bits per heavy atom. The number of H-pyrrole nitrogens is 1. The quantitative estimate of drug-likeness (QED) is 0.662. The number of nitrogens with zero attached hydrogens (tertiary/aromatic N) is 2. The fourth-order valence-corrected chi connectivity index (χ4v) is 3.62. The fraction of sp³-hybridized carbons (Fsp3) is 0.300. The van der Waals surface area contributed by atoms with Crippen LogP contribution in [0.3, 0.4) is 0 Å². The van der Waals surface area contributed by atoms with Crippen molar-refractivity contribution in [2.45, 2.75) is 12.8 Å². The maximum Gasteiger partial charge on any atom is 0.295 e. The highest BCUT2D eigenvalue weighted by atomic mass is 35.5. The lowest BCUT2D eigenvalue weighted by molar-refractivity contribution is 0.0948. The highest BCUT2D eigenvalue weighted by Crippen LogP contribution is 2.25. The van der Waals surface area contributed by atoms with Crippen LogP contribution in [0.5, 0.6) is 0 Å². The number of hydrogen-bond acceptors (Lipinski definition) is 3. The van der Waals surface area contributed by atoms with Crippen molar-refractivity contribution >= 4 is 34.2 Å². The highest BCUT2D eigenvalue weighted by molar-refractivity contribution is 6.30. The molecular formula is C20H19ClF2N4O. The van der Waals surface area contributed by atoms with Crippen LogP contribution in [0.2, 0.25) is 5.02 Å². The Morgan fingerprint density at radius 1 is 1.29 bits per heavy atom. The Balaban J connectivity index is 1.35. The third kappa shape index (κ3) is 3.94. The van der Waals surface area contributed by atoms with Gasteiger partial charge in [-0.15, -0.1) is 0 Å². The number of amides is 1. The number of alkyl halides is 2. The van der Waals surface area contributed by atoms with Crippen LogP contribution in [0.25, 0.3) is 11.0 Å². The van der Waals surface area contributed by atoms with E-state index in [9.17, 15) is 13.6 Å². The summed E-state index contributed by atoms with van der Waals surface area (Å²) in [5.41, 5.74) is 2.39. The minimum atomic E-state index is -2.67. The van der Waals surface area contributed by atoms with E-state index in [1.807, 2.05) is 24.3 Å². The first kappa shape index (κ1) is 18.7. The number of carbonyl (C=O) groups excluding carboxylic acids is 1. The number of aromatic amines is 1. The Bertz CT molecular complexity index is 990. The summed E-state index contributed by atoms with van der Waals surface area (Å²) in [5, 5.41) is 3.66. The molecule has 1 amide bonds. The molecule has 1 aromatic heterocycles. The number of rotatable bonds is 5. The number of fused-ring (bicyclic) bond motifs is 1. The topological polar surface area (TPSA) is 61.0 Å². The lowest BCUT2D eigenvalue weighted by Crippen LogP contribution is -2.31. The molecule has 4 rings (SSSR count). The Hall–Kier alpha value is -2.67. The lowest BCUT2D eigenvalue weighted by Gasteiger charge is -2.19. The summed E-state index contributed by atoms with van der Waals surface area (Å²) in [6.45, 7) is 2.35. The number of halogens is 3. The molecule has 1 unspecified atom stereocenters. The Morgan fingerprint density at radius 2 is 2.07 bits per heavy atom. The van der Waals surface area contributed by atoms with Crippen molar-refractivity contribution in [3.63, 3.8) is 0 Å². The predicted molar refractivity (Wildman–Crippen MR) is 105 cm³/mol. The summed E-state index contributed by atoms with van der Waals surface area (Å²) in [5.74, 6) is -0.262. The molecule has 3 aromatic rings. The van der Waals surface area contributed by atoms with Gasteiger partial charge in [-0.2, -0.15) is 0 Å². The van der Waals surface area contributed by atoms with Crippen LogP contribution in [-0.4, -0.2) is 35.5 Å². The van der Waals surface area contributed by atoms with Gasteiger partial charge in [-0.3, -0.25) is 4.79 Å². The minimum Gasteiger partial charge on any atom is -0.371 e. The molecule has 0 spiro atoms. The van der Waals surface area contributed by atoms with Crippen LogP contribution in [-0.2, 0) is 0 Å². The largest absolute Gasteiger partial charge is 0.371 e. The number of anilines is 1. The van der Waals surface area contributed by atoms with E-state index < -0.39 is 6.43 Å². The van der Waals surface area contributed by atoms with E-state index in [2.05, 4.69) is 20.2 Å². The first-order chi connectivity index (χ1) is 13.5. The van der Waals surface area contributed by atoms with Crippen LogP contribution in [0, 0.1) is 5.92 Å². The molecule has 0 aliphatic carbocycles. The average molecular weight is 405 g/mol. The molecule has 2 N–H and O–H groups in total. The summed E-state index contributed by atoms with van der Waals surface area (Å²) < 4.78 is 25.5. The lowest BCUT2D eigenvalue weighted by atomic mass is 10.1. The predicted octanol–water partition coefficient (Wildman–Crippen LogP) is 4.41. The summed E-state index contributed by atoms with van der Waals surface area (Å²) in [6, 6.07) is 12.5. The molecule has 0 radical (unpaired) electrons. The van der Waals surface area contributed by atoms with Crippen molar-refractivity contribution in [1.82, 2.24) is 15.3 Å². The molecular weight excluding hydrogens is 386 g/mol. The van der Waals surface area contributed by atoms with E-state index in [0.29, 0.717) is 34.1 Å². The molecule has 1 saturated heterocycles. The summed E-state index contributed by atoms with van der Waals surface area (Å²) in [6.07, 6.45) is -1.68. The fourth-order valence-electron chi connectivity index (χ4n) is 3.50. The smallest absolute Gasteiger partial charge is 0.295 e. The molecule has 8 heteroatoms. The monoisotopic (exact) mass is 404 g/mol. The molecule has 1 aliphatic rings. The van der Waals surface area contributed by atoms with E-state index in [-0.39, 0.29) is 11.7 Å². The third-order valence-corrected chi connectivity index (χ3v) is 5.25. The van der Waals surface area contributed by atoms with Gasteiger partial charge in [0, 0.05) is 35.9 Å². The normalized spacial score (nSPS) is 16.9. The molecule has 28 heavy (non-hydrogen) atoms. The maximum atomic E-state index is 12.7. The molecule has 1 aliphatic heterocycles. The van der Waals surface area contributed by atoms with E-state index in [1.165, 1.54) is 0 Å². The highest BCUT2D eigenvalue weighted by Gasteiger charge is 2.23. The van der Waals surface area contributed by atoms with Gasteiger partial charge < -0.3 is 15.2 Å². The maximum absolute atomic E-state index is 12.7. The minimum absolute atomic E-state index is 0.222. The zero-order chi connectivity index (χ0) is 19.7. The zero-order valence-corrected chi connectivity index (χ0v) is 15.7. The van der Waals surface area contributed by atoms with Crippen LogP contribution in [0.1, 0.15) is 29.0 Å². The molecule has 1 fully saturated rings. The third-order valence-electron chi connectivity index (χ3n) is 5.00. The van der Waals surface area contributed by atoms with Gasteiger partial charge in [0.1, 0.15) is 0 Å². The van der Waals surface area contributed by atoms with E-state index in [0.717, 1.165) is 25.2 Å². The van der Waals surface area contributed by atoms with Crippen molar-refractivity contribution in [2.75, 3.05) is 24.5 Å². The van der Waals surface area contributed by atoms with E-state index in [1.54, 1.807) is 18.2 Å². The van der Waals surface area contributed by atoms with Crippen molar-refractivity contribution < 1.29 is 13.6 Å². The van der Waals surface area contributed by atoms with Crippen molar-refractivity contribution in [2.24, 2.45) is 5.92 Å². The average Bonchev–Trinajstić information content (AvgIpc) is 3.33. The van der Waals surface area contributed by atoms with Gasteiger partial charge in [-0.25, -0.2) is 13.8 Å². The number of aromatic nitrogens is 2. The van der Waals surface area contributed by atoms with E-state index >= 15 is 0 Å². The van der Waals surface area contributed by atoms with Gasteiger partial charge in [0.15, 0.2) is 5.82 Å².